The Labute approximate surface area is 108 Å². The molecule has 0 unspecified atom stereocenters. The highest BCUT2D eigenvalue weighted by Crippen LogP contribution is 2.29. The van der Waals surface area contributed by atoms with E-state index in [-0.39, 0.29) is 0 Å². The van der Waals surface area contributed by atoms with Crippen molar-refractivity contribution in [1.82, 2.24) is 10.2 Å². The summed E-state index contributed by atoms with van der Waals surface area (Å²) in [5, 5.41) is 3.73. The van der Waals surface area contributed by atoms with Crippen LogP contribution in [0.1, 0.15) is 53.4 Å². The summed E-state index contributed by atoms with van der Waals surface area (Å²) >= 11 is 0. The molecule has 1 fully saturated rings. The normalized spacial score (nSPS) is 26.1. The number of hydrogen-bond donors (Lipinski definition) is 1. The van der Waals surface area contributed by atoms with Crippen molar-refractivity contribution in [3.05, 3.63) is 0 Å². The fourth-order valence-corrected chi connectivity index (χ4v) is 2.69. The van der Waals surface area contributed by atoms with Gasteiger partial charge in [-0.15, -0.1) is 0 Å². The molecule has 1 aliphatic carbocycles. The Morgan fingerprint density at radius 3 is 2.12 bits per heavy atom. The van der Waals surface area contributed by atoms with Gasteiger partial charge in [-0.1, -0.05) is 13.8 Å². The lowest BCUT2D eigenvalue weighted by atomic mass is 9.80. The molecule has 2 heteroatoms. The predicted octanol–water partition coefficient (Wildman–Crippen LogP) is 3.13. The summed E-state index contributed by atoms with van der Waals surface area (Å²) in [7, 11) is 2.21. The number of nitrogens with one attached hydrogen (secondary N) is 1. The Morgan fingerprint density at radius 1 is 1.06 bits per heavy atom. The minimum Gasteiger partial charge on any atom is -0.313 e. The maximum atomic E-state index is 3.73. The fourth-order valence-electron chi connectivity index (χ4n) is 2.69. The Bertz CT molecular complexity index is 193. The minimum absolute atomic E-state index is 0.661. The SMILES string of the molecule is CC(C)C1CCC(NCCN(C)C(C)C)CC1. The van der Waals surface area contributed by atoms with Crippen LogP contribution in [0.5, 0.6) is 0 Å². The highest BCUT2D eigenvalue weighted by molar-refractivity contribution is 4.78. The third kappa shape index (κ3) is 5.39. The van der Waals surface area contributed by atoms with Crippen LogP contribution < -0.4 is 5.32 Å². The van der Waals surface area contributed by atoms with E-state index in [4.69, 9.17) is 0 Å². The molecule has 17 heavy (non-hydrogen) atoms. The van der Waals surface area contributed by atoms with Crippen molar-refractivity contribution in [2.45, 2.75) is 65.5 Å². The van der Waals surface area contributed by atoms with Gasteiger partial charge in [0.15, 0.2) is 0 Å². The highest BCUT2D eigenvalue weighted by atomic mass is 15.1. The first-order valence-corrected chi connectivity index (χ1v) is 7.44. The number of nitrogens with zero attached hydrogens (tertiary/aromatic N) is 1. The van der Waals surface area contributed by atoms with Gasteiger partial charge < -0.3 is 10.2 Å². The average Bonchev–Trinajstić information content (AvgIpc) is 2.29. The van der Waals surface area contributed by atoms with E-state index in [0.29, 0.717) is 6.04 Å². The molecular weight excluding hydrogens is 208 g/mol. The van der Waals surface area contributed by atoms with Crippen molar-refractivity contribution in [3.8, 4) is 0 Å². The lowest BCUT2D eigenvalue weighted by Crippen LogP contribution is -2.40. The van der Waals surface area contributed by atoms with E-state index in [0.717, 1.165) is 24.4 Å². The highest BCUT2D eigenvalue weighted by Gasteiger charge is 2.22. The molecule has 0 amide bonds. The molecule has 1 rings (SSSR count). The van der Waals surface area contributed by atoms with Crippen molar-refractivity contribution in [3.63, 3.8) is 0 Å². The molecule has 102 valence electrons. The van der Waals surface area contributed by atoms with Gasteiger partial charge >= 0.3 is 0 Å². The molecule has 2 nitrogen and oxygen atoms in total. The molecule has 1 aliphatic rings. The lowest BCUT2D eigenvalue weighted by Gasteiger charge is -2.32. The molecule has 0 heterocycles. The molecular formula is C15H32N2. The van der Waals surface area contributed by atoms with Crippen LogP contribution in [0.2, 0.25) is 0 Å². The Kier molecular flexibility index (Phi) is 6.50. The van der Waals surface area contributed by atoms with Gasteiger partial charge in [0.25, 0.3) is 0 Å². The maximum Gasteiger partial charge on any atom is 0.0107 e. The molecule has 0 bridgehead atoms. The topological polar surface area (TPSA) is 15.3 Å². The van der Waals surface area contributed by atoms with Gasteiger partial charge in [0.05, 0.1) is 0 Å². The first-order valence-electron chi connectivity index (χ1n) is 7.44. The van der Waals surface area contributed by atoms with Crippen molar-refractivity contribution < 1.29 is 0 Å². The molecule has 1 N–H and O–H groups in total. The smallest absolute Gasteiger partial charge is 0.0107 e. The molecule has 1 saturated carbocycles. The van der Waals surface area contributed by atoms with Gasteiger partial charge in [0.2, 0.25) is 0 Å². The van der Waals surface area contributed by atoms with E-state index < -0.39 is 0 Å². The van der Waals surface area contributed by atoms with Crippen molar-refractivity contribution in [2.75, 3.05) is 20.1 Å². The number of likely N-dealkylation sites (N-methyl/N-ethyl adjacent to an activating group) is 1. The van der Waals surface area contributed by atoms with E-state index in [1.807, 2.05) is 0 Å². The van der Waals surface area contributed by atoms with Crippen LogP contribution in [0.4, 0.5) is 0 Å². The van der Waals surface area contributed by atoms with Crippen LogP contribution >= 0.6 is 0 Å². The van der Waals surface area contributed by atoms with Crippen LogP contribution in [0, 0.1) is 11.8 Å². The van der Waals surface area contributed by atoms with Gasteiger partial charge in [0, 0.05) is 25.2 Å². The molecule has 0 aliphatic heterocycles. The van der Waals surface area contributed by atoms with Crippen molar-refractivity contribution >= 4 is 0 Å². The van der Waals surface area contributed by atoms with E-state index >= 15 is 0 Å². The van der Waals surface area contributed by atoms with Gasteiger partial charge in [-0.05, 0) is 58.4 Å². The zero-order valence-corrected chi connectivity index (χ0v) is 12.5. The average molecular weight is 240 g/mol. The largest absolute Gasteiger partial charge is 0.313 e. The molecule has 0 spiro atoms. The van der Waals surface area contributed by atoms with E-state index in [9.17, 15) is 0 Å². The van der Waals surface area contributed by atoms with E-state index in [1.165, 1.54) is 32.2 Å². The summed E-state index contributed by atoms with van der Waals surface area (Å²) < 4.78 is 0. The van der Waals surface area contributed by atoms with Crippen LogP contribution in [-0.4, -0.2) is 37.1 Å². The first-order chi connectivity index (χ1) is 8.00. The Morgan fingerprint density at radius 2 is 1.65 bits per heavy atom. The summed E-state index contributed by atoms with van der Waals surface area (Å²) in [6.07, 6.45) is 5.62. The van der Waals surface area contributed by atoms with Crippen molar-refractivity contribution in [2.24, 2.45) is 11.8 Å². The first kappa shape index (κ1) is 15.0. The van der Waals surface area contributed by atoms with Gasteiger partial charge in [0.1, 0.15) is 0 Å². The minimum atomic E-state index is 0.661. The second-order valence-corrected chi connectivity index (χ2v) is 6.38. The number of hydrogen-bond acceptors (Lipinski definition) is 2. The lowest BCUT2D eigenvalue weighted by molar-refractivity contribution is 0.225. The standard InChI is InChI=1S/C15H32N2/c1-12(2)14-6-8-15(9-7-14)16-10-11-17(5)13(3)4/h12-16H,6-11H2,1-5H3. The molecule has 0 radical (unpaired) electrons. The number of rotatable bonds is 6. The van der Waals surface area contributed by atoms with E-state index in [1.54, 1.807) is 0 Å². The van der Waals surface area contributed by atoms with Crippen molar-refractivity contribution in [1.29, 1.82) is 0 Å². The molecule has 0 saturated heterocycles. The zero-order chi connectivity index (χ0) is 12.8. The van der Waals surface area contributed by atoms with Crippen LogP contribution in [0.25, 0.3) is 0 Å². The van der Waals surface area contributed by atoms with E-state index in [2.05, 4.69) is 45.0 Å². The molecule has 0 atom stereocenters. The summed E-state index contributed by atoms with van der Waals surface area (Å²) in [4.78, 5) is 2.41. The second-order valence-electron chi connectivity index (χ2n) is 6.38. The Balaban J connectivity index is 2.10. The summed E-state index contributed by atoms with van der Waals surface area (Å²) in [6.45, 7) is 11.6. The van der Waals surface area contributed by atoms with Gasteiger partial charge in [-0.25, -0.2) is 0 Å². The monoisotopic (exact) mass is 240 g/mol. The third-order valence-electron chi connectivity index (χ3n) is 4.49. The van der Waals surface area contributed by atoms with Gasteiger partial charge in [-0.3, -0.25) is 0 Å². The molecule has 0 aromatic carbocycles. The summed E-state index contributed by atoms with van der Waals surface area (Å²) in [6, 6.07) is 1.44. The summed E-state index contributed by atoms with van der Waals surface area (Å²) in [5.41, 5.74) is 0. The molecule has 0 aromatic rings. The summed E-state index contributed by atoms with van der Waals surface area (Å²) in [5.74, 6) is 1.86. The third-order valence-corrected chi connectivity index (χ3v) is 4.49. The van der Waals surface area contributed by atoms with Crippen LogP contribution in [-0.2, 0) is 0 Å². The Hall–Kier alpha value is -0.0800. The predicted molar refractivity (Wildman–Crippen MR) is 76.4 cm³/mol. The second kappa shape index (κ2) is 7.38. The maximum absolute atomic E-state index is 3.73. The van der Waals surface area contributed by atoms with Crippen LogP contribution in [0.15, 0.2) is 0 Å². The fraction of sp³-hybridized carbons (Fsp3) is 1.00. The quantitative estimate of drug-likeness (QED) is 0.767. The van der Waals surface area contributed by atoms with Gasteiger partial charge in [-0.2, -0.15) is 0 Å². The zero-order valence-electron chi connectivity index (χ0n) is 12.5. The van der Waals surface area contributed by atoms with Crippen LogP contribution in [0.3, 0.4) is 0 Å². The molecule has 0 aromatic heterocycles.